The van der Waals surface area contributed by atoms with Crippen LogP contribution in [0.4, 0.5) is 0 Å². The Labute approximate surface area is 103 Å². The van der Waals surface area contributed by atoms with Crippen molar-refractivity contribution in [3.63, 3.8) is 0 Å². The molecule has 4 nitrogen and oxygen atoms in total. The number of nitrogens with two attached hydrogens (primary N) is 1. The largest absolute Gasteiger partial charge is 0.493 e. The molecule has 2 rings (SSSR count). The highest BCUT2D eigenvalue weighted by Crippen LogP contribution is 2.42. The molecular weight excluding hydrogens is 274 g/mol. The van der Waals surface area contributed by atoms with Crippen molar-refractivity contribution in [2.45, 2.75) is 12.8 Å². The molecule has 16 heavy (non-hydrogen) atoms. The molecule has 0 unspecified atom stereocenters. The Morgan fingerprint density at radius 2 is 2.38 bits per heavy atom. The third-order valence-electron chi connectivity index (χ3n) is 2.66. The molecule has 1 heterocycles. The highest BCUT2D eigenvalue weighted by Gasteiger charge is 2.22. The number of hydrogen-bond acceptors (Lipinski definition) is 4. The maximum atomic E-state index is 5.55. The summed E-state index contributed by atoms with van der Waals surface area (Å²) < 4.78 is 11.9. The van der Waals surface area contributed by atoms with E-state index in [-0.39, 0.29) is 0 Å². The van der Waals surface area contributed by atoms with Gasteiger partial charge < -0.3 is 14.3 Å². The van der Waals surface area contributed by atoms with Gasteiger partial charge in [-0.15, -0.1) is 0 Å². The van der Waals surface area contributed by atoms with E-state index in [0.29, 0.717) is 13.2 Å². The van der Waals surface area contributed by atoms with Crippen molar-refractivity contribution in [2.24, 2.45) is 5.90 Å². The summed E-state index contributed by atoms with van der Waals surface area (Å²) in [6, 6.07) is 1.97. The number of benzene rings is 1. The summed E-state index contributed by atoms with van der Waals surface area (Å²) in [6.45, 7) is 1.20. The number of methoxy groups -OCH3 is 1. The van der Waals surface area contributed by atoms with Crippen molar-refractivity contribution in [2.75, 3.05) is 20.3 Å². The fourth-order valence-corrected chi connectivity index (χ4v) is 2.56. The molecule has 1 aliphatic heterocycles. The topological polar surface area (TPSA) is 53.7 Å². The van der Waals surface area contributed by atoms with Gasteiger partial charge in [-0.05, 0) is 18.1 Å². The van der Waals surface area contributed by atoms with Crippen molar-refractivity contribution in [1.29, 1.82) is 0 Å². The molecule has 0 radical (unpaired) electrons. The normalized spacial score (nSPS) is 13.4. The summed E-state index contributed by atoms with van der Waals surface area (Å²) in [4.78, 5) is 4.60. The van der Waals surface area contributed by atoms with E-state index in [0.717, 1.165) is 34.4 Å². The Kier molecular flexibility index (Phi) is 3.68. The van der Waals surface area contributed by atoms with Gasteiger partial charge in [-0.3, -0.25) is 0 Å². The van der Waals surface area contributed by atoms with E-state index in [2.05, 4.69) is 20.8 Å². The lowest BCUT2D eigenvalue weighted by Gasteiger charge is -2.12. The Morgan fingerprint density at radius 1 is 1.56 bits per heavy atom. The summed E-state index contributed by atoms with van der Waals surface area (Å²) in [5.41, 5.74) is 2.30. The first-order valence-corrected chi connectivity index (χ1v) is 5.90. The van der Waals surface area contributed by atoms with Crippen molar-refractivity contribution in [3.05, 3.63) is 21.7 Å². The van der Waals surface area contributed by atoms with Crippen LogP contribution >= 0.6 is 15.9 Å². The van der Waals surface area contributed by atoms with Gasteiger partial charge in [0.25, 0.3) is 0 Å². The predicted octanol–water partition coefficient (Wildman–Crippen LogP) is 1.83. The summed E-state index contributed by atoms with van der Waals surface area (Å²) in [6.07, 6.45) is 1.66. The van der Waals surface area contributed by atoms with Crippen molar-refractivity contribution in [1.82, 2.24) is 0 Å². The first-order chi connectivity index (χ1) is 7.77. The van der Waals surface area contributed by atoms with Crippen LogP contribution in [0.1, 0.15) is 11.1 Å². The first kappa shape index (κ1) is 11.7. The Balaban J connectivity index is 2.39. The van der Waals surface area contributed by atoms with E-state index in [9.17, 15) is 0 Å². The van der Waals surface area contributed by atoms with Gasteiger partial charge in [0.05, 0.1) is 20.3 Å². The van der Waals surface area contributed by atoms with Crippen LogP contribution in [0.15, 0.2) is 10.5 Å². The van der Waals surface area contributed by atoms with E-state index in [1.165, 1.54) is 5.56 Å². The van der Waals surface area contributed by atoms with Gasteiger partial charge in [0.15, 0.2) is 11.5 Å². The van der Waals surface area contributed by atoms with E-state index >= 15 is 0 Å². The average Bonchev–Trinajstić information content (AvgIpc) is 2.78. The third kappa shape index (κ3) is 2.03. The van der Waals surface area contributed by atoms with Gasteiger partial charge in [0, 0.05) is 16.5 Å². The molecule has 2 N–H and O–H groups in total. The summed E-state index contributed by atoms with van der Waals surface area (Å²) in [5.74, 6) is 6.67. The smallest absolute Gasteiger partial charge is 0.165 e. The van der Waals surface area contributed by atoms with Gasteiger partial charge in [0.1, 0.15) is 0 Å². The van der Waals surface area contributed by atoms with Crippen LogP contribution in [0.2, 0.25) is 0 Å². The van der Waals surface area contributed by atoms with Crippen LogP contribution in [0, 0.1) is 0 Å². The van der Waals surface area contributed by atoms with Gasteiger partial charge in [-0.1, -0.05) is 15.9 Å². The Hall–Kier alpha value is -0.780. The molecule has 5 heteroatoms. The summed E-state index contributed by atoms with van der Waals surface area (Å²) in [7, 11) is 1.65. The van der Waals surface area contributed by atoms with Gasteiger partial charge in [-0.2, -0.15) is 0 Å². The highest BCUT2D eigenvalue weighted by molar-refractivity contribution is 9.10. The lowest BCUT2D eigenvalue weighted by atomic mass is 10.1. The zero-order valence-electron chi connectivity index (χ0n) is 9.09. The number of ether oxygens (including phenoxy) is 2. The maximum absolute atomic E-state index is 5.55. The molecule has 0 amide bonds. The molecule has 0 aromatic heterocycles. The minimum atomic E-state index is 0.487. The minimum absolute atomic E-state index is 0.487. The average molecular weight is 288 g/mol. The minimum Gasteiger partial charge on any atom is -0.493 e. The zero-order valence-corrected chi connectivity index (χ0v) is 10.7. The SMILES string of the molecule is COc1cc(CCON)c(Br)c2c1OCC2. The molecule has 0 bridgehead atoms. The van der Waals surface area contributed by atoms with Crippen LogP contribution in [0.5, 0.6) is 11.5 Å². The second-order valence-electron chi connectivity index (χ2n) is 3.58. The third-order valence-corrected chi connectivity index (χ3v) is 3.65. The molecule has 0 atom stereocenters. The Morgan fingerprint density at radius 3 is 3.06 bits per heavy atom. The van der Waals surface area contributed by atoms with Crippen LogP contribution in [0.3, 0.4) is 0 Å². The Bertz CT molecular complexity index is 395. The standard InChI is InChI=1S/C11H14BrNO3/c1-14-9-6-7(2-5-16-13)10(12)8-3-4-15-11(8)9/h6H,2-5,13H2,1H3. The van der Waals surface area contributed by atoms with E-state index in [1.807, 2.05) is 6.07 Å². The number of fused-ring (bicyclic) bond motifs is 1. The molecular formula is C11H14BrNO3. The molecule has 0 aliphatic carbocycles. The fourth-order valence-electron chi connectivity index (χ4n) is 1.87. The number of rotatable bonds is 4. The predicted molar refractivity (Wildman–Crippen MR) is 63.7 cm³/mol. The molecule has 1 aromatic rings. The number of hydrogen-bond donors (Lipinski definition) is 1. The van der Waals surface area contributed by atoms with Crippen molar-refractivity contribution < 1.29 is 14.3 Å². The van der Waals surface area contributed by atoms with Crippen LogP contribution < -0.4 is 15.4 Å². The molecule has 0 saturated carbocycles. The monoisotopic (exact) mass is 287 g/mol. The first-order valence-electron chi connectivity index (χ1n) is 5.10. The highest BCUT2D eigenvalue weighted by atomic mass is 79.9. The van der Waals surface area contributed by atoms with Gasteiger partial charge in [0.2, 0.25) is 0 Å². The molecule has 0 saturated heterocycles. The van der Waals surface area contributed by atoms with E-state index in [1.54, 1.807) is 7.11 Å². The van der Waals surface area contributed by atoms with Crippen LogP contribution in [-0.4, -0.2) is 20.3 Å². The van der Waals surface area contributed by atoms with E-state index in [4.69, 9.17) is 15.4 Å². The molecule has 1 aromatic carbocycles. The summed E-state index contributed by atoms with van der Waals surface area (Å²) >= 11 is 3.59. The van der Waals surface area contributed by atoms with Gasteiger partial charge in [-0.25, -0.2) is 5.90 Å². The van der Waals surface area contributed by atoms with E-state index < -0.39 is 0 Å². The van der Waals surface area contributed by atoms with Gasteiger partial charge >= 0.3 is 0 Å². The van der Waals surface area contributed by atoms with Crippen LogP contribution in [-0.2, 0) is 17.7 Å². The zero-order chi connectivity index (χ0) is 11.5. The van der Waals surface area contributed by atoms with Crippen molar-refractivity contribution in [3.8, 4) is 11.5 Å². The molecule has 0 spiro atoms. The molecule has 88 valence electrons. The summed E-state index contributed by atoms with van der Waals surface area (Å²) in [5, 5.41) is 0. The second kappa shape index (κ2) is 5.03. The maximum Gasteiger partial charge on any atom is 0.165 e. The second-order valence-corrected chi connectivity index (χ2v) is 4.37. The number of halogens is 1. The molecule has 0 fully saturated rings. The fraction of sp³-hybridized carbons (Fsp3) is 0.455. The van der Waals surface area contributed by atoms with Crippen LogP contribution in [0.25, 0.3) is 0 Å². The lowest BCUT2D eigenvalue weighted by Crippen LogP contribution is -2.05. The lowest BCUT2D eigenvalue weighted by molar-refractivity contribution is 0.141. The van der Waals surface area contributed by atoms with Crippen molar-refractivity contribution >= 4 is 15.9 Å². The molecule has 1 aliphatic rings. The quantitative estimate of drug-likeness (QED) is 0.859.